The Balaban J connectivity index is 1.34. The number of fused-ring (bicyclic) bond motifs is 1. The number of rotatable bonds is 8. The molecule has 0 amide bonds. The molecule has 0 aliphatic heterocycles. The summed E-state index contributed by atoms with van der Waals surface area (Å²) in [5, 5.41) is 1.28. The number of benzene rings is 3. The van der Waals surface area contributed by atoms with Gasteiger partial charge in [0.15, 0.2) is 0 Å². The van der Waals surface area contributed by atoms with E-state index in [1.54, 1.807) is 0 Å². The molecule has 1 aromatic heterocycles. The van der Waals surface area contributed by atoms with E-state index in [0.29, 0.717) is 5.92 Å². The first-order valence-corrected chi connectivity index (χ1v) is 9.63. The summed E-state index contributed by atoms with van der Waals surface area (Å²) in [6, 6.07) is 32.1. The molecule has 0 aliphatic carbocycles. The minimum Gasteiger partial charge on any atom is -0.380 e. The van der Waals surface area contributed by atoms with Gasteiger partial charge in [-0.3, -0.25) is 0 Å². The lowest BCUT2D eigenvalue weighted by molar-refractivity contribution is 0.122. The second kappa shape index (κ2) is 8.70. The van der Waals surface area contributed by atoms with E-state index in [1.165, 1.54) is 22.0 Å². The van der Waals surface area contributed by atoms with E-state index in [2.05, 4.69) is 102 Å². The van der Waals surface area contributed by atoms with Crippen LogP contribution in [0.25, 0.3) is 10.9 Å². The number of nitrogens with zero attached hydrogens (tertiary/aromatic N) is 1. The minimum atomic E-state index is 0.375. The fourth-order valence-electron chi connectivity index (χ4n) is 3.70. The van der Waals surface area contributed by atoms with Crippen LogP contribution in [0.1, 0.15) is 23.5 Å². The SMILES string of the molecule is c1ccc(C(CCOCCn2ccc3ccccc32)c2ccccc2)cc1. The van der Waals surface area contributed by atoms with Crippen molar-refractivity contribution in [2.75, 3.05) is 13.2 Å². The molecule has 4 aromatic rings. The van der Waals surface area contributed by atoms with Crippen molar-refractivity contribution in [2.45, 2.75) is 18.9 Å². The number of hydrogen-bond acceptors (Lipinski definition) is 1. The van der Waals surface area contributed by atoms with Gasteiger partial charge in [-0.15, -0.1) is 0 Å². The fraction of sp³-hybridized carbons (Fsp3) is 0.200. The number of aromatic nitrogens is 1. The van der Waals surface area contributed by atoms with Crippen LogP contribution in [0.5, 0.6) is 0 Å². The maximum Gasteiger partial charge on any atom is 0.0645 e. The number of hydrogen-bond donors (Lipinski definition) is 0. The third kappa shape index (κ3) is 4.29. The average Bonchev–Trinajstić information content (AvgIpc) is 3.15. The van der Waals surface area contributed by atoms with Gasteiger partial charge >= 0.3 is 0 Å². The number of para-hydroxylation sites is 1. The summed E-state index contributed by atoms with van der Waals surface area (Å²) in [7, 11) is 0. The molecule has 2 heteroatoms. The Hall–Kier alpha value is -2.84. The molecule has 0 aliphatic rings. The van der Waals surface area contributed by atoms with Gasteiger partial charge in [-0.05, 0) is 35.1 Å². The van der Waals surface area contributed by atoms with Crippen molar-refractivity contribution in [3.63, 3.8) is 0 Å². The van der Waals surface area contributed by atoms with Gasteiger partial charge < -0.3 is 9.30 Å². The molecule has 0 atom stereocenters. The zero-order valence-corrected chi connectivity index (χ0v) is 15.5. The molecular formula is C25H25NO. The predicted molar refractivity (Wildman–Crippen MR) is 112 cm³/mol. The molecule has 4 rings (SSSR count). The van der Waals surface area contributed by atoms with E-state index in [-0.39, 0.29) is 0 Å². The van der Waals surface area contributed by atoms with E-state index in [0.717, 1.165) is 26.2 Å². The molecule has 0 N–H and O–H groups in total. The second-order valence-corrected chi connectivity index (χ2v) is 6.84. The van der Waals surface area contributed by atoms with Gasteiger partial charge in [-0.2, -0.15) is 0 Å². The lowest BCUT2D eigenvalue weighted by Gasteiger charge is -2.18. The van der Waals surface area contributed by atoms with Crippen molar-refractivity contribution < 1.29 is 4.74 Å². The summed E-state index contributed by atoms with van der Waals surface area (Å²) in [4.78, 5) is 0. The highest BCUT2D eigenvalue weighted by Crippen LogP contribution is 2.27. The standard InChI is InChI=1S/C25H25NO/c1-3-9-21(10-4-1)24(22-11-5-2-6-12-22)16-19-27-20-18-26-17-15-23-13-7-8-14-25(23)26/h1-15,17,24H,16,18-20H2. The first-order valence-electron chi connectivity index (χ1n) is 9.63. The molecular weight excluding hydrogens is 330 g/mol. The van der Waals surface area contributed by atoms with Gasteiger partial charge in [0.05, 0.1) is 6.61 Å². The smallest absolute Gasteiger partial charge is 0.0645 e. The molecule has 0 unspecified atom stereocenters. The highest BCUT2D eigenvalue weighted by molar-refractivity contribution is 5.79. The lowest BCUT2D eigenvalue weighted by atomic mass is 9.89. The van der Waals surface area contributed by atoms with Gasteiger partial charge in [0, 0.05) is 30.8 Å². The summed E-state index contributed by atoms with van der Waals surface area (Å²) in [6.07, 6.45) is 3.13. The van der Waals surface area contributed by atoms with Crippen molar-refractivity contribution in [1.29, 1.82) is 0 Å². The summed E-state index contributed by atoms with van der Waals surface area (Å²) in [5.41, 5.74) is 3.97. The van der Waals surface area contributed by atoms with Crippen molar-refractivity contribution >= 4 is 10.9 Å². The molecule has 0 fully saturated rings. The van der Waals surface area contributed by atoms with Gasteiger partial charge in [0.1, 0.15) is 0 Å². The molecule has 2 nitrogen and oxygen atoms in total. The Labute approximate surface area is 161 Å². The van der Waals surface area contributed by atoms with Crippen LogP contribution in [0.2, 0.25) is 0 Å². The van der Waals surface area contributed by atoms with Crippen LogP contribution >= 0.6 is 0 Å². The maximum absolute atomic E-state index is 6.01. The Morgan fingerprint density at radius 3 is 2.00 bits per heavy atom. The third-order valence-corrected chi connectivity index (χ3v) is 5.11. The zero-order valence-electron chi connectivity index (χ0n) is 15.5. The summed E-state index contributed by atoms with van der Waals surface area (Å²) < 4.78 is 8.27. The van der Waals surface area contributed by atoms with Gasteiger partial charge in [0.2, 0.25) is 0 Å². The molecule has 1 heterocycles. The second-order valence-electron chi connectivity index (χ2n) is 6.84. The Kier molecular flexibility index (Phi) is 5.66. The van der Waals surface area contributed by atoms with E-state index in [9.17, 15) is 0 Å². The summed E-state index contributed by atoms with van der Waals surface area (Å²) >= 11 is 0. The highest BCUT2D eigenvalue weighted by atomic mass is 16.5. The summed E-state index contributed by atoms with van der Waals surface area (Å²) in [5.74, 6) is 0.375. The van der Waals surface area contributed by atoms with Gasteiger partial charge in [0.25, 0.3) is 0 Å². The maximum atomic E-state index is 6.01. The topological polar surface area (TPSA) is 14.2 Å². The Morgan fingerprint density at radius 2 is 1.30 bits per heavy atom. The van der Waals surface area contributed by atoms with Crippen LogP contribution in [0.4, 0.5) is 0 Å². The monoisotopic (exact) mass is 355 g/mol. The largest absolute Gasteiger partial charge is 0.380 e. The molecule has 0 radical (unpaired) electrons. The number of ether oxygens (including phenoxy) is 1. The molecule has 0 bridgehead atoms. The van der Waals surface area contributed by atoms with Crippen LogP contribution in [-0.4, -0.2) is 17.8 Å². The molecule has 27 heavy (non-hydrogen) atoms. The normalized spacial score (nSPS) is 11.3. The molecule has 0 spiro atoms. The Morgan fingerprint density at radius 1 is 0.667 bits per heavy atom. The first-order chi connectivity index (χ1) is 13.4. The average molecular weight is 355 g/mol. The van der Waals surface area contributed by atoms with Crippen molar-refractivity contribution in [3.05, 3.63) is 108 Å². The van der Waals surface area contributed by atoms with E-state index >= 15 is 0 Å². The highest BCUT2D eigenvalue weighted by Gasteiger charge is 2.13. The quantitative estimate of drug-likeness (QED) is 0.360. The zero-order chi connectivity index (χ0) is 18.3. The molecule has 0 saturated heterocycles. The van der Waals surface area contributed by atoms with Gasteiger partial charge in [-0.25, -0.2) is 0 Å². The molecule has 3 aromatic carbocycles. The van der Waals surface area contributed by atoms with Crippen molar-refractivity contribution in [2.24, 2.45) is 0 Å². The molecule has 0 saturated carbocycles. The van der Waals surface area contributed by atoms with E-state index in [4.69, 9.17) is 4.74 Å². The van der Waals surface area contributed by atoms with Crippen LogP contribution in [0.3, 0.4) is 0 Å². The first kappa shape index (κ1) is 17.6. The summed E-state index contributed by atoms with van der Waals surface area (Å²) in [6.45, 7) is 2.37. The lowest BCUT2D eigenvalue weighted by Crippen LogP contribution is -2.09. The van der Waals surface area contributed by atoms with E-state index < -0.39 is 0 Å². The van der Waals surface area contributed by atoms with Crippen LogP contribution in [0.15, 0.2) is 97.2 Å². The predicted octanol–water partition coefficient (Wildman–Crippen LogP) is 5.88. The van der Waals surface area contributed by atoms with Gasteiger partial charge in [-0.1, -0.05) is 78.9 Å². The van der Waals surface area contributed by atoms with Crippen LogP contribution < -0.4 is 0 Å². The Bertz CT molecular complexity index is 920. The van der Waals surface area contributed by atoms with Crippen molar-refractivity contribution in [1.82, 2.24) is 4.57 Å². The third-order valence-electron chi connectivity index (χ3n) is 5.11. The molecule has 136 valence electrons. The van der Waals surface area contributed by atoms with Crippen LogP contribution in [0, 0.1) is 0 Å². The van der Waals surface area contributed by atoms with E-state index in [1.807, 2.05) is 0 Å². The van der Waals surface area contributed by atoms with Crippen molar-refractivity contribution in [3.8, 4) is 0 Å². The fourth-order valence-corrected chi connectivity index (χ4v) is 3.70. The van der Waals surface area contributed by atoms with Crippen LogP contribution in [-0.2, 0) is 11.3 Å². The minimum absolute atomic E-state index is 0.375.